The van der Waals surface area contributed by atoms with Crippen LogP contribution in [-0.2, 0) is 20.7 Å². The zero-order valence-electron chi connectivity index (χ0n) is 23.2. The average Bonchev–Trinajstić information content (AvgIpc) is 3.41. The van der Waals surface area contributed by atoms with Gasteiger partial charge in [0.05, 0.1) is 5.52 Å². The van der Waals surface area contributed by atoms with E-state index in [2.05, 4.69) is 5.32 Å². The van der Waals surface area contributed by atoms with Gasteiger partial charge >= 0.3 is 18.2 Å². The molecule has 1 amide bonds. The van der Waals surface area contributed by atoms with E-state index >= 15 is 0 Å². The van der Waals surface area contributed by atoms with Crippen molar-refractivity contribution in [1.82, 2.24) is 9.88 Å². The molecule has 9 heteroatoms. The highest BCUT2D eigenvalue weighted by Crippen LogP contribution is 2.44. The van der Waals surface area contributed by atoms with Crippen molar-refractivity contribution in [2.24, 2.45) is 0 Å². The summed E-state index contributed by atoms with van der Waals surface area (Å²) in [6.07, 6.45) is -0.0796. The van der Waals surface area contributed by atoms with Gasteiger partial charge in [0.1, 0.15) is 17.7 Å². The van der Waals surface area contributed by atoms with Crippen molar-refractivity contribution in [3.05, 3.63) is 94.6 Å². The lowest BCUT2D eigenvalue weighted by atomic mass is 9.93. The van der Waals surface area contributed by atoms with E-state index in [0.29, 0.717) is 21.5 Å². The van der Waals surface area contributed by atoms with E-state index in [1.807, 2.05) is 48.5 Å². The van der Waals surface area contributed by atoms with Crippen molar-refractivity contribution >= 4 is 40.7 Å². The number of aliphatic carboxylic acids is 1. The molecule has 1 atom stereocenters. The lowest BCUT2D eigenvalue weighted by Crippen LogP contribution is -2.54. The Bertz CT molecular complexity index is 1620. The number of rotatable bonds is 6. The van der Waals surface area contributed by atoms with E-state index in [1.54, 1.807) is 39.0 Å². The molecule has 0 aliphatic heterocycles. The highest BCUT2D eigenvalue weighted by molar-refractivity contribution is 6.31. The third-order valence-corrected chi connectivity index (χ3v) is 7.41. The Kier molecular flexibility index (Phi) is 7.30. The summed E-state index contributed by atoms with van der Waals surface area (Å²) >= 11 is 6.21. The van der Waals surface area contributed by atoms with E-state index < -0.39 is 29.3 Å². The molecule has 8 nitrogen and oxygen atoms in total. The third-order valence-electron chi connectivity index (χ3n) is 7.18. The van der Waals surface area contributed by atoms with Crippen LogP contribution in [0.1, 0.15) is 50.3 Å². The van der Waals surface area contributed by atoms with Gasteiger partial charge in [-0.25, -0.2) is 14.4 Å². The maximum atomic E-state index is 13.0. The summed E-state index contributed by atoms with van der Waals surface area (Å²) in [7, 11) is 0. The summed E-state index contributed by atoms with van der Waals surface area (Å²) in [5.74, 6) is -1.42. The molecule has 3 aromatic carbocycles. The number of carboxylic acids is 1. The van der Waals surface area contributed by atoms with Crippen LogP contribution in [-0.4, -0.2) is 45.6 Å². The first-order valence-corrected chi connectivity index (χ1v) is 13.6. The standard InChI is InChI=1S/C32H31ClN2O6/c1-31(2,3)41-30(39)35-17-19(21-14-13-20(33)15-27(21)35)16-32(4,28(36)37)34-29(38)40-18-26-24-11-7-5-9-22(24)23-10-6-8-12-25(23)26/h5-15,17,26H,16,18H2,1-4H3,(H,34,38)(H,36,37)/t32-/m0/s1. The molecule has 41 heavy (non-hydrogen) atoms. The summed E-state index contributed by atoms with van der Waals surface area (Å²) in [5.41, 5.74) is 2.79. The van der Waals surface area contributed by atoms with Crippen LogP contribution < -0.4 is 5.32 Å². The van der Waals surface area contributed by atoms with Crippen molar-refractivity contribution in [3.8, 4) is 11.1 Å². The molecule has 0 unspecified atom stereocenters. The largest absolute Gasteiger partial charge is 0.480 e. The lowest BCUT2D eigenvalue weighted by molar-refractivity contribution is -0.143. The van der Waals surface area contributed by atoms with Crippen molar-refractivity contribution in [1.29, 1.82) is 0 Å². The van der Waals surface area contributed by atoms with Gasteiger partial charge in [0, 0.05) is 28.9 Å². The zero-order valence-corrected chi connectivity index (χ0v) is 24.0. The number of fused-ring (bicyclic) bond motifs is 4. The second-order valence-electron chi connectivity index (χ2n) is 11.4. The molecule has 1 heterocycles. The lowest BCUT2D eigenvalue weighted by Gasteiger charge is -2.26. The van der Waals surface area contributed by atoms with Crippen LogP contribution in [0.3, 0.4) is 0 Å². The third kappa shape index (κ3) is 5.65. The number of halogens is 1. The Morgan fingerprint density at radius 3 is 2.15 bits per heavy atom. The molecule has 0 radical (unpaired) electrons. The molecular weight excluding hydrogens is 544 g/mol. The van der Waals surface area contributed by atoms with Gasteiger partial charge in [0.2, 0.25) is 0 Å². The fourth-order valence-corrected chi connectivity index (χ4v) is 5.45. The maximum Gasteiger partial charge on any atom is 0.419 e. The van der Waals surface area contributed by atoms with Crippen molar-refractivity contribution < 1.29 is 29.0 Å². The second kappa shape index (κ2) is 10.6. The molecule has 0 fully saturated rings. The van der Waals surface area contributed by atoms with Crippen LogP contribution in [0.15, 0.2) is 72.9 Å². The molecule has 0 bridgehead atoms. The Morgan fingerprint density at radius 2 is 1.56 bits per heavy atom. The number of aromatic nitrogens is 1. The van der Waals surface area contributed by atoms with Gasteiger partial charge in [-0.1, -0.05) is 66.2 Å². The highest BCUT2D eigenvalue weighted by Gasteiger charge is 2.38. The minimum Gasteiger partial charge on any atom is -0.480 e. The number of carbonyl (C=O) groups excluding carboxylic acids is 2. The minimum atomic E-state index is -1.74. The maximum absolute atomic E-state index is 13.0. The van der Waals surface area contributed by atoms with Crippen LogP contribution >= 0.6 is 11.6 Å². The molecule has 0 saturated heterocycles. The highest BCUT2D eigenvalue weighted by atomic mass is 35.5. The number of amides is 1. The SMILES string of the molecule is CC(C)(C)OC(=O)n1cc(C[C@](C)(NC(=O)OCC2c3ccccc3-c3ccccc32)C(=O)O)c2ccc(Cl)cc21. The molecule has 212 valence electrons. The van der Waals surface area contributed by atoms with E-state index in [4.69, 9.17) is 21.1 Å². The molecule has 4 aromatic rings. The van der Waals surface area contributed by atoms with Crippen LogP contribution in [0, 0.1) is 0 Å². The average molecular weight is 575 g/mol. The molecule has 0 spiro atoms. The number of ether oxygens (including phenoxy) is 2. The van der Waals surface area contributed by atoms with Gasteiger partial charge in [0.25, 0.3) is 0 Å². The van der Waals surface area contributed by atoms with Crippen LogP contribution in [0.2, 0.25) is 5.02 Å². The number of nitrogens with one attached hydrogen (secondary N) is 1. The summed E-state index contributed by atoms with van der Waals surface area (Å²) in [6, 6.07) is 20.9. The summed E-state index contributed by atoms with van der Waals surface area (Å²) < 4.78 is 12.5. The number of carbonyl (C=O) groups is 3. The van der Waals surface area contributed by atoms with E-state index in [1.165, 1.54) is 17.7 Å². The van der Waals surface area contributed by atoms with Gasteiger partial charge in [-0.15, -0.1) is 0 Å². The molecule has 1 aromatic heterocycles. The zero-order chi connectivity index (χ0) is 29.5. The first-order valence-electron chi connectivity index (χ1n) is 13.3. The van der Waals surface area contributed by atoms with Crippen molar-refractivity contribution in [2.45, 2.75) is 51.2 Å². The summed E-state index contributed by atoms with van der Waals surface area (Å²) in [5, 5.41) is 13.8. The van der Waals surface area contributed by atoms with Gasteiger partial charge in [-0.05, 0) is 67.6 Å². The first-order chi connectivity index (χ1) is 19.4. The molecule has 2 N–H and O–H groups in total. The van der Waals surface area contributed by atoms with Crippen LogP contribution in [0.25, 0.3) is 22.0 Å². The Hall–Kier alpha value is -4.30. The molecule has 5 rings (SSSR count). The Balaban J connectivity index is 1.37. The smallest absolute Gasteiger partial charge is 0.419 e. The normalized spacial score (nSPS) is 14.2. The van der Waals surface area contributed by atoms with Gasteiger partial charge in [-0.3, -0.25) is 4.57 Å². The van der Waals surface area contributed by atoms with Gasteiger partial charge in [0.15, 0.2) is 0 Å². The number of benzene rings is 3. The van der Waals surface area contributed by atoms with Crippen LogP contribution in [0.5, 0.6) is 0 Å². The Labute approximate surface area is 242 Å². The van der Waals surface area contributed by atoms with Gasteiger partial charge < -0.3 is 19.9 Å². The number of hydrogen-bond donors (Lipinski definition) is 2. The minimum absolute atomic E-state index is 0.0476. The number of carboxylic acid groups (broad SMARTS) is 1. The topological polar surface area (TPSA) is 107 Å². The quantitative estimate of drug-likeness (QED) is 0.257. The predicted molar refractivity (Wildman–Crippen MR) is 157 cm³/mol. The molecular formula is C32H31ClN2O6. The van der Waals surface area contributed by atoms with E-state index in [-0.39, 0.29) is 18.9 Å². The van der Waals surface area contributed by atoms with E-state index in [0.717, 1.165) is 22.3 Å². The monoisotopic (exact) mass is 574 g/mol. The number of hydrogen-bond acceptors (Lipinski definition) is 5. The second-order valence-corrected chi connectivity index (χ2v) is 11.9. The Morgan fingerprint density at radius 1 is 0.951 bits per heavy atom. The summed E-state index contributed by atoms with van der Waals surface area (Å²) in [6.45, 7) is 6.72. The number of alkyl carbamates (subject to hydrolysis) is 1. The van der Waals surface area contributed by atoms with Crippen LogP contribution in [0.4, 0.5) is 9.59 Å². The molecule has 1 aliphatic rings. The molecule has 1 aliphatic carbocycles. The fourth-order valence-electron chi connectivity index (χ4n) is 5.29. The summed E-state index contributed by atoms with van der Waals surface area (Å²) in [4.78, 5) is 38.5. The van der Waals surface area contributed by atoms with E-state index in [9.17, 15) is 19.5 Å². The predicted octanol–water partition coefficient (Wildman–Crippen LogP) is 7.00. The van der Waals surface area contributed by atoms with Crippen molar-refractivity contribution in [3.63, 3.8) is 0 Å². The first kappa shape index (κ1) is 28.2. The fraction of sp³-hybridized carbons (Fsp3) is 0.281. The molecule has 0 saturated carbocycles. The van der Waals surface area contributed by atoms with Crippen molar-refractivity contribution in [2.75, 3.05) is 6.61 Å². The number of nitrogens with zero attached hydrogens (tertiary/aromatic N) is 1. The van der Waals surface area contributed by atoms with Gasteiger partial charge in [-0.2, -0.15) is 0 Å².